The maximum absolute atomic E-state index is 12.0. The Bertz CT molecular complexity index is 1090. The summed E-state index contributed by atoms with van der Waals surface area (Å²) in [5.74, 6) is -0.317. The van der Waals surface area contributed by atoms with Gasteiger partial charge in [-0.2, -0.15) is 0 Å². The van der Waals surface area contributed by atoms with Crippen molar-refractivity contribution < 1.29 is 15.0 Å². The number of aliphatic carboxylic acids is 1. The van der Waals surface area contributed by atoms with Crippen LogP contribution in [0.15, 0.2) is 35.3 Å². The highest BCUT2D eigenvalue weighted by atomic mass is 16.4. The number of nitrogens with one attached hydrogen (secondary N) is 1. The lowest BCUT2D eigenvalue weighted by atomic mass is 10.1. The molecule has 154 valence electrons. The van der Waals surface area contributed by atoms with Gasteiger partial charge in [-0.25, -0.2) is 4.98 Å². The van der Waals surface area contributed by atoms with Gasteiger partial charge in [0.2, 0.25) is 0 Å². The number of hydrogen-bond donors (Lipinski definition) is 3. The van der Waals surface area contributed by atoms with Gasteiger partial charge in [0.05, 0.1) is 17.1 Å². The number of aliphatic hydroxyl groups excluding tert-OH is 1. The summed E-state index contributed by atoms with van der Waals surface area (Å²) in [6.45, 7) is 6.28. The molecule has 0 aliphatic heterocycles. The fourth-order valence-electron chi connectivity index (χ4n) is 3.52. The number of aliphatic hydroxyl groups is 1. The van der Waals surface area contributed by atoms with Crippen molar-refractivity contribution in [1.29, 1.82) is 0 Å². The first kappa shape index (κ1) is 20.8. The standard InChI is InChI=1S/C21H26N4O4/c1-5-25-17-7-6-14(10-22-18(13(3)26)21(28)29)9-16(17)23-19(25)15-8-12(2)20(27)24(4)11-15/h6-9,11,13,18,22,26H,5,10H2,1-4H3,(H,28,29)/t13-,18+/m1/s1. The molecule has 0 bridgehead atoms. The summed E-state index contributed by atoms with van der Waals surface area (Å²) in [5, 5.41) is 21.7. The van der Waals surface area contributed by atoms with Gasteiger partial charge in [0.15, 0.2) is 0 Å². The van der Waals surface area contributed by atoms with Crippen LogP contribution in [0.1, 0.15) is 25.0 Å². The van der Waals surface area contributed by atoms with E-state index in [1.54, 1.807) is 24.7 Å². The minimum absolute atomic E-state index is 0.0348. The van der Waals surface area contributed by atoms with Crippen molar-refractivity contribution in [3.63, 3.8) is 0 Å². The summed E-state index contributed by atoms with van der Waals surface area (Å²) in [7, 11) is 1.72. The largest absolute Gasteiger partial charge is 0.480 e. The monoisotopic (exact) mass is 398 g/mol. The summed E-state index contributed by atoms with van der Waals surface area (Å²) in [5.41, 5.74) is 4.10. The molecule has 3 aromatic rings. The highest BCUT2D eigenvalue weighted by Crippen LogP contribution is 2.25. The Morgan fingerprint density at radius 1 is 1.31 bits per heavy atom. The van der Waals surface area contributed by atoms with Crippen molar-refractivity contribution in [1.82, 2.24) is 19.4 Å². The molecule has 8 nitrogen and oxygen atoms in total. The Balaban J connectivity index is 1.98. The quantitative estimate of drug-likeness (QED) is 0.558. The van der Waals surface area contributed by atoms with Gasteiger partial charge in [-0.1, -0.05) is 6.07 Å². The molecule has 3 rings (SSSR count). The molecular weight excluding hydrogens is 372 g/mol. The van der Waals surface area contributed by atoms with Crippen molar-refractivity contribution in [3.05, 3.63) is 51.9 Å². The van der Waals surface area contributed by atoms with Gasteiger partial charge < -0.3 is 19.3 Å². The first-order valence-electron chi connectivity index (χ1n) is 9.54. The third-order valence-corrected chi connectivity index (χ3v) is 5.02. The molecule has 0 amide bonds. The number of carbonyl (C=O) groups is 1. The second kappa shape index (κ2) is 8.18. The number of carboxylic acid groups (broad SMARTS) is 1. The number of fused-ring (bicyclic) bond motifs is 1. The van der Waals surface area contributed by atoms with Crippen LogP contribution in [-0.2, 0) is 24.9 Å². The topological polar surface area (TPSA) is 109 Å². The number of hydrogen-bond acceptors (Lipinski definition) is 5. The Morgan fingerprint density at radius 2 is 2.03 bits per heavy atom. The number of pyridine rings is 1. The smallest absolute Gasteiger partial charge is 0.323 e. The number of imidazole rings is 1. The molecule has 2 heterocycles. The van der Waals surface area contributed by atoms with Crippen molar-refractivity contribution in [2.45, 2.75) is 46.0 Å². The third-order valence-electron chi connectivity index (χ3n) is 5.02. The zero-order valence-electron chi connectivity index (χ0n) is 17.0. The van der Waals surface area contributed by atoms with Crippen LogP contribution in [0.5, 0.6) is 0 Å². The van der Waals surface area contributed by atoms with E-state index in [0.29, 0.717) is 18.7 Å². The van der Waals surface area contributed by atoms with E-state index in [-0.39, 0.29) is 5.56 Å². The maximum Gasteiger partial charge on any atom is 0.323 e. The van der Waals surface area contributed by atoms with E-state index >= 15 is 0 Å². The van der Waals surface area contributed by atoms with Gasteiger partial charge in [0.1, 0.15) is 11.9 Å². The fraction of sp³-hybridized carbons (Fsp3) is 0.381. The lowest BCUT2D eigenvalue weighted by Crippen LogP contribution is -2.44. The van der Waals surface area contributed by atoms with E-state index in [9.17, 15) is 19.8 Å². The van der Waals surface area contributed by atoms with E-state index in [1.807, 2.05) is 31.2 Å². The Kier molecular flexibility index (Phi) is 5.86. The third kappa shape index (κ3) is 4.08. The lowest BCUT2D eigenvalue weighted by Gasteiger charge is -2.17. The van der Waals surface area contributed by atoms with Crippen LogP contribution in [0.2, 0.25) is 0 Å². The second-order valence-corrected chi connectivity index (χ2v) is 7.27. The predicted octanol–water partition coefficient (Wildman–Crippen LogP) is 1.65. The summed E-state index contributed by atoms with van der Waals surface area (Å²) < 4.78 is 3.64. The molecule has 0 saturated heterocycles. The van der Waals surface area contributed by atoms with Gasteiger partial charge in [0.25, 0.3) is 5.56 Å². The van der Waals surface area contributed by atoms with Crippen LogP contribution in [0.4, 0.5) is 0 Å². The summed E-state index contributed by atoms with van der Waals surface area (Å²) in [6.07, 6.45) is 0.778. The van der Waals surface area contributed by atoms with Crippen LogP contribution in [0.3, 0.4) is 0 Å². The molecule has 8 heteroatoms. The summed E-state index contributed by atoms with van der Waals surface area (Å²) in [4.78, 5) is 28.0. The number of benzene rings is 1. The number of rotatable bonds is 7. The molecule has 0 aliphatic rings. The first-order valence-corrected chi connectivity index (χ1v) is 9.54. The zero-order chi connectivity index (χ0) is 21.3. The first-order chi connectivity index (χ1) is 13.7. The minimum Gasteiger partial charge on any atom is -0.480 e. The fourth-order valence-corrected chi connectivity index (χ4v) is 3.52. The van der Waals surface area contributed by atoms with E-state index in [4.69, 9.17) is 4.98 Å². The lowest BCUT2D eigenvalue weighted by molar-refractivity contribution is -0.142. The van der Waals surface area contributed by atoms with Crippen LogP contribution in [0.25, 0.3) is 22.4 Å². The number of nitrogens with zero attached hydrogens (tertiary/aromatic N) is 3. The van der Waals surface area contributed by atoms with Gasteiger partial charge in [-0.05, 0) is 44.5 Å². The van der Waals surface area contributed by atoms with Crippen LogP contribution >= 0.6 is 0 Å². The number of aromatic nitrogens is 3. The molecule has 0 radical (unpaired) electrons. The van der Waals surface area contributed by atoms with Gasteiger partial charge in [-0.15, -0.1) is 0 Å². The Morgan fingerprint density at radius 3 is 2.62 bits per heavy atom. The molecule has 2 atom stereocenters. The number of carboxylic acids is 1. The molecule has 29 heavy (non-hydrogen) atoms. The van der Waals surface area contributed by atoms with Crippen molar-refractivity contribution >= 4 is 17.0 Å². The maximum atomic E-state index is 12.0. The summed E-state index contributed by atoms with van der Waals surface area (Å²) >= 11 is 0. The highest BCUT2D eigenvalue weighted by molar-refractivity contribution is 5.81. The Hall–Kier alpha value is -2.97. The van der Waals surface area contributed by atoms with Crippen LogP contribution in [-0.4, -0.2) is 42.4 Å². The molecule has 0 saturated carbocycles. The molecule has 0 spiro atoms. The van der Waals surface area contributed by atoms with Gasteiger partial charge >= 0.3 is 5.97 Å². The normalized spacial score (nSPS) is 13.6. The molecule has 0 fully saturated rings. The Labute approximate surface area is 168 Å². The molecular formula is C21H26N4O4. The van der Waals surface area contributed by atoms with Gasteiger partial charge in [-0.3, -0.25) is 14.9 Å². The van der Waals surface area contributed by atoms with Gasteiger partial charge in [0, 0.05) is 37.5 Å². The van der Waals surface area contributed by atoms with E-state index < -0.39 is 18.1 Å². The second-order valence-electron chi connectivity index (χ2n) is 7.27. The van der Waals surface area contributed by atoms with Crippen LogP contribution < -0.4 is 10.9 Å². The molecule has 3 N–H and O–H groups in total. The van der Waals surface area contributed by atoms with Crippen LogP contribution in [0, 0.1) is 6.92 Å². The number of aryl methyl sites for hydroxylation is 3. The molecule has 1 aromatic carbocycles. The average molecular weight is 398 g/mol. The SMILES string of the molecule is CCn1c(-c2cc(C)c(=O)n(C)c2)nc2cc(CN[C@H](C(=O)O)[C@@H](C)O)ccc21. The highest BCUT2D eigenvalue weighted by Gasteiger charge is 2.22. The molecule has 0 unspecified atom stereocenters. The predicted molar refractivity (Wildman–Crippen MR) is 111 cm³/mol. The zero-order valence-corrected chi connectivity index (χ0v) is 17.0. The average Bonchev–Trinajstić information content (AvgIpc) is 3.03. The minimum atomic E-state index is -1.09. The van der Waals surface area contributed by atoms with E-state index in [1.165, 1.54) is 6.92 Å². The molecule has 2 aromatic heterocycles. The molecule has 0 aliphatic carbocycles. The van der Waals surface area contributed by atoms with E-state index in [0.717, 1.165) is 28.0 Å². The van der Waals surface area contributed by atoms with Crippen molar-refractivity contribution in [2.75, 3.05) is 0 Å². The summed E-state index contributed by atoms with van der Waals surface area (Å²) in [6, 6.07) is 6.59. The van der Waals surface area contributed by atoms with Crippen molar-refractivity contribution in [2.24, 2.45) is 7.05 Å². The van der Waals surface area contributed by atoms with Crippen molar-refractivity contribution in [3.8, 4) is 11.4 Å². The van der Waals surface area contributed by atoms with E-state index in [2.05, 4.69) is 9.88 Å².